The fourth-order valence-electron chi connectivity index (χ4n) is 3.03. The van der Waals surface area contributed by atoms with Gasteiger partial charge in [-0.3, -0.25) is 4.79 Å². The molecule has 2 rings (SSSR count). The summed E-state index contributed by atoms with van der Waals surface area (Å²) in [4.78, 5) is 12.1. The molecule has 1 fully saturated rings. The van der Waals surface area contributed by atoms with Crippen LogP contribution in [-0.4, -0.2) is 32.7 Å². The maximum atomic E-state index is 12.1. The van der Waals surface area contributed by atoms with Gasteiger partial charge in [0.15, 0.2) is 0 Å². The van der Waals surface area contributed by atoms with Crippen molar-refractivity contribution in [1.29, 1.82) is 0 Å². The lowest BCUT2D eigenvalue weighted by Gasteiger charge is -2.25. The molecule has 1 aromatic carbocycles. The van der Waals surface area contributed by atoms with Crippen LogP contribution in [0.3, 0.4) is 0 Å². The summed E-state index contributed by atoms with van der Waals surface area (Å²) in [5.41, 5.74) is 1.22. The van der Waals surface area contributed by atoms with E-state index in [1.54, 1.807) is 7.11 Å². The van der Waals surface area contributed by atoms with Crippen LogP contribution in [0.15, 0.2) is 30.3 Å². The summed E-state index contributed by atoms with van der Waals surface area (Å²) in [6, 6.07) is 10.5. The summed E-state index contributed by atoms with van der Waals surface area (Å²) < 4.78 is 4.96. The van der Waals surface area contributed by atoms with E-state index in [2.05, 4.69) is 22.8 Å². The van der Waals surface area contributed by atoms with Crippen LogP contribution in [0.4, 0.5) is 0 Å². The number of benzene rings is 1. The molecule has 1 atom stereocenters. The molecule has 4 nitrogen and oxygen atoms in total. The van der Waals surface area contributed by atoms with Gasteiger partial charge in [0.05, 0.1) is 19.2 Å². The Morgan fingerprint density at radius 1 is 1.27 bits per heavy atom. The van der Waals surface area contributed by atoms with Crippen molar-refractivity contribution in [2.75, 3.05) is 26.8 Å². The Labute approximate surface area is 139 Å². The lowest BCUT2D eigenvalue weighted by atomic mass is 9.91. The van der Waals surface area contributed by atoms with Gasteiger partial charge < -0.3 is 15.4 Å². The van der Waals surface area contributed by atoms with Crippen molar-refractivity contribution in [1.82, 2.24) is 10.6 Å². The van der Waals surface area contributed by atoms with Gasteiger partial charge in [0.2, 0.25) is 5.91 Å². The fourth-order valence-corrected chi connectivity index (χ4v) is 3.03. The van der Waals surface area contributed by atoms with Gasteiger partial charge in [0.25, 0.3) is 0 Å². The van der Waals surface area contributed by atoms with E-state index in [1.807, 2.05) is 18.2 Å². The number of carbonyl (C=O) groups is 1. The molecule has 0 aliphatic heterocycles. The molecule has 5 heteroatoms. The second-order valence-corrected chi connectivity index (χ2v) is 5.67. The second kappa shape index (κ2) is 10.6. The van der Waals surface area contributed by atoms with Gasteiger partial charge in [-0.25, -0.2) is 0 Å². The predicted octanol–water partition coefficient (Wildman–Crippen LogP) is 2.69. The molecule has 0 aromatic heterocycles. The molecule has 0 heterocycles. The summed E-state index contributed by atoms with van der Waals surface area (Å²) in [5.74, 6) is 0.627. The summed E-state index contributed by atoms with van der Waals surface area (Å²) in [6.45, 7) is 1.67. The molecule has 1 aromatic rings. The molecule has 0 bridgehead atoms. The average molecular weight is 327 g/mol. The van der Waals surface area contributed by atoms with E-state index in [9.17, 15) is 4.79 Å². The maximum absolute atomic E-state index is 12.1. The lowest BCUT2D eigenvalue weighted by Crippen LogP contribution is -2.39. The molecule has 0 spiro atoms. The molecule has 22 heavy (non-hydrogen) atoms. The van der Waals surface area contributed by atoms with Crippen LogP contribution in [0.2, 0.25) is 0 Å². The summed E-state index contributed by atoms with van der Waals surface area (Å²) in [5, 5.41) is 6.31. The molecule has 124 valence electrons. The molecular weight excluding hydrogens is 300 g/mol. The van der Waals surface area contributed by atoms with Crippen LogP contribution < -0.4 is 10.6 Å². The number of nitrogens with one attached hydrogen (secondary N) is 2. The van der Waals surface area contributed by atoms with E-state index < -0.39 is 0 Å². The summed E-state index contributed by atoms with van der Waals surface area (Å²) in [7, 11) is 1.66. The third kappa shape index (κ3) is 5.95. The van der Waals surface area contributed by atoms with Crippen molar-refractivity contribution >= 4 is 18.3 Å². The second-order valence-electron chi connectivity index (χ2n) is 5.67. The zero-order valence-electron chi connectivity index (χ0n) is 13.2. The number of methoxy groups -OCH3 is 1. The van der Waals surface area contributed by atoms with Crippen LogP contribution in [0.25, 0.3) is 0 Å². The predicted molar refractivity (Wildman–Crippen MR) is 91.3 cm³/mol. The van der Waals surface area contributed by atoms with Crippen LogP contribution >= 0.6 is 12.4 Å². The van der Waals surface area contributed by atoms with E-state index in [1.165, 1.54) is 31.2 Å². The fraction of sp³-hybridized carbons (Fsp3) is 0.588. The minimum atomic E-state index is 0. The SMILES string of the molecule is COCCNCC(=O)NC(c1ccccc1)C1CCCC1.Cl. The largest absolute Gasteiger partial charge is 0.383 e. The van der Waals surface area contributed by atoms with Gasteiger partial charge in [-0.15, -0.1) is 12.4 Å². The normalized spacial score (nSPS) is 16.0. The van der Waals surface area contributed by atoms with Gasteiger partial charge in [0.1, 0.15) is 0 Å². The molecule has 2 N–H and O–H groups in total. The van der Waals surface area contributed by atoms with Crippen LogP contribution in [0.1, 0.15) is 37.3 Å². The third-order valence-corrected chi connectivity index (χ3v) is 4.11. The summed E-state index contributed by atoms with van der Waals surface area (Å²) >= 11 is 0. The maximum Gasteiger partial charge on any atom is 0.234 e. The van der Waals surface area contributed by atoms with Gasteiger partial charge in [-0.05, 0) is 24.3 Å². The minimum Gasteiger partial charge on any atom is -0.383 e. The monoisotopic (exact) mass is 326 g/mol. The highest BCUT2D eigenvalue weighted by molar-refractivity contribution is 5.85. The Kier molecular flexibility index (Phi) is 9.13. The first-order chi connectivity index (χ1) is 10.3. The van der Waals surface area contributed by atoms with Crippen LogP contribution in [0.5, 0.6) is 0 Å². The number of hydrogen-bond acceptors (Lipinski definition) is 3. The van der Waals surface area contributed by atoms with Gasteiger partial charge in [0, 0.05) is 13.7 Å². The third-order valence-electron chi connectivity index (χ3n) is 4.11. The van der Waals surface area contributed by atoms with E-state index in [0.717, 1.165) is 0 Å². The lowest BCUT2D eigenvalue weighted by molar-refractivity contribution is -0.121. The Bertz CT molecular complexity index is 422. The van der Waals surface area contributed by atoms with E-state index in [0.29, 0.717) is 25.6 Å². The number of carbonyl (C=O) groups excluding carboxylic acids is 1. The van der Waals surface area contributed by atoms with Crippen molar-refractivity contribution in [3.05, 3.63) is 35.9 Å². The van der Waals surface area contributed by atoms with E-state index in [-0.39, 0.29) is 24.4 Å². The van der Waals surface area contributed by atoms with Crippen molar-refractivity contribution in [3.8, 4) is 0 Å². The zero-order valence-corrected chi connectivity index (χ0v) is 14.0. The molecule has 1 saturated carbocycles. The average Bonchev–Trinajstić information content (AvgIpc) is 3.04. The first-order valence-electron chi connectivity index (χ1n) is 7.85. The van der Waals surface area contributed by atoms with Gasteiger partial charge in [-0.1, -0.05) is 43.2 Å². The Morgan fingerprint density at radius 2 is 1.95 bits per heavy atom. The smallest absolute Gasteiger partial charge is 0.234 e. The number of ether oxygens (including phenoxy) is 1. The number of halogens is 1. The summed E-state index contributed by atoms with van der Waals surface area (Å²) in [6.07, 6.45) is 4.96. The van der Waals surface area contributed by atoms with Gasteiger partial charge >= 0.3 is 0 Å². The molecular formula is C17H27ClN2O2. The first kappa shape index (κ1) is 18.9. The van der Waals surface area contributed by atoms with Crippen molar-refractivity contribution in [2.24, 2.45) is 5.92 Å². The molecule has 0 radical (unpaired) electrons. The molecule has 1 aliphatic carbocycles. The highest BCUT2D eigenvalue weighted by atomic mass is 35.5. The standard InChI is InChI=1S/C17H26N2O2.ClH/c1-21-12-11-18-13-16(20)19-17(15-9-5-6-10-15)14-7-3-2-4-8-14;/h2-4,7-8,15,17-18H,5-6,9-13H2,1H3,(H,19,20);1H. The zero-order chi connectivity index (χ0) is 14.9. The number of rotatable bonds is 8. The van der Waals surface area contributed by atoms with Crippen molar-refractivity contribution in [3.63, 3.8) is 0 Å². The van der Waals surface area contributed by atoms with Crippen LogP contribution in [0, 0.1) is 5.92 Å². The highest BCUT2D eigenvalue weighted by Gasteiger charge is 2.27. The number of amides is 1. The Hall–Kier alpha value is -1.10. The molecule has 1 unspecified atom stereocenters. The molecule has 1 aliphatic rings. The quantitative estimate of drug-likeness (QED) is 0.722. The van der Waals surface area contributed by atoms with E-state index >= 15 is 0 Å². The highest BCUT2D eigenvalue weighted by Crippen LogP contribution is 2.35. The van der Waals surface area contributed by atoms with Crippen molar-refractivity contribution in [2.45, 2.75) is 31.7 Å². The minimum absolute atomic E-state index is 0. The topological polar surface area (TPSA) is 50.4 Å². The Balaban J connectivity index is 0.00000242. The Morgan fingerprint density at radius 3 is 2.59 bits per heavy atom. The molecule has 1 amide bonds. The molecule has 0 saturated heterocycles. The van der Waals surface area contributed by atoms with Crippen molar-refractivity contribution < 1.29 is 9.53 Å². The number of hydrogen-bond donors (Lipinski definition) is 2. The van der Waals surface area contributed by atoms with Gasteiger partial charge in [-0.2, -0.15) is 0 Å². The van der Waals surface area contributed by atoms with Crippen LogP contribution in [-0.2, 0) is 9.53 Å². The first-order valence-corrected chi connectivity index (χ1v) is 7.85. The van der Waals surface area contributed by atoms with E-state index in [4.69, 9.17) is 4.74 Å².